The van der Waals surface area contributed by atoms with Gasteiger partial charge in [0.2, 0.25) is 0 Å². The third kappa shape index (κ3) is 7.50. The summed E-state index contributed by atoms with van der Waals surface area (Å²) in [5, 5.41) is 0. The van der Waals surface area contributed by atoms with Crippen molar-refractivity contribution < 1.29 is 4.39 Å². The molecule has 0 radical (unpaired) electrons. The molecule has 1 rings (SSSR count). The van der Waals surface area contributed by atoms with Gasteiger partial charge in [-0.3, -0.25) is 4.98 Å². The minimum absolute atomic E-state index is 0.139. The molecule has 120 valence electrons. The highest BCUT2D eigenvalue weighted by atomic mass is 19.1. The summed E-state index contributed by atoms with van der Waals surface area (Å²) >= 11 is 0. The Kier molecular flexibility index (Phi) is 7.78. The Bertz CT molecular complexity index is 392. The Hall–Kier alpha value is -1.04. The van der Waals surface area contributed by atoms with Crippen LogP contribution >= 0.6 is 0 Å². The number of halogens is 1. The zero-order valence-corrected chi connectivity index (χ0v) is 13.7. The van der Waals surface area contributed by atoms with E-state index in [0.717, 1.165) is 38.3 Å². The number of rotatable bonds is 9. The van der Waals surface area contributed by atoms with E-state index in [9.17, 15) is 4.39 Å². The molecule has 0 aromatic carbocycles. The van der Waals surface area contributed by atoms with E-state index >= 15 is 0 Å². The standard InChI is InChI=1S/C16H29FN4/c1-13(2)12-21(10-9-20(3)4)8-7-15(18)16-6-5-14(17)11-19-16/h5-6,11,13,15H,7-10,12,18H2,1-4H3. The molecular formula is C16H29FN4. The topological polar surface area (TPSA) is 45.4 Å². The number of hydrogen-bond donors (Lipinski definition) is 1. The first-order valence-electron chi connectivity index (χ1n) is 7.62. The first-order chi connectivity index (χ1) is 9.88. The summed E-state index contributed by atoms with van der Waals surface area (Å²) in [6.07, 6.45) is 2.06. The Morgan fingerprint density at radius 1 is 1.19 bits per heavy atom. The molecule has 0 saturated carbocycles. The normalized spacial score (nSPS) is 13.4. The average Bonchev–Trinajstić information content (AvgIpc) is 2.41. The number of likely N-dealkylation sites (N-methyl/N-ethyl adjacent to an activating group) is 1. The van der Waals surface area contributed by atoms with Crippen molar-refractivity contribution in [3.05, 3.63) is 29.8 Å². The van der Waals surface area contributed by atoms with Crippen LogP contribution in [0.25, 0.3) is 0 Å². The minimum atomic E-state index is -0.321. The summed E-state index contributed by atoms with van der Waals surface area (Å²) in [6, 6.07) is 2.95. The molecule has 1 heterocycles. The second-order valence-corrected chi connectivity index (χ2v) is 6.29. The number of nitrogens with zero attached hydrogens (tertiary/aromatic N) is 3. The van der Waals surface area contributed by atoms with E-state index < -0.39 is 0 Å². The molecule has 2 N–H and O–H groups in total. The summed E-state index contributed by atoms with van der Waals surface area (Å²) in [5.74, 6) is 0.311. The fraction of sp³-hybridized carbons (Fsp3) is 0.688. The molecule has 4 nitrogen and oxygen atoms in total. The van der Waals surface area contributed by atoms with Crippen molar-refractivity contribution in [2.24, 2.45) is 11.7 Å². The second-order valence-electron chi connectivity index (χ2n) is 6.29. The van der Waals surface area contributed by atoms with E-state index in [1.807, 2.05) is 0 Å². The highest BCUT2D eigenvalue weighted by Crippen LogP contribution is 2.13. The lowest BCUT2D eigenvalue weighted by Crippen LogP contribution is -2.36. The number of aromatic nitrogens is 1. The fourth-order valence-electron chi connectivity index (χ4n) is 2.23. The van der Waals surface area contributed by atoms with Crippen LogP contribution < -0.4 is 5.73 Å². The largest absolute Gasteiger partial charge is 0.323 e. The highest BCUT2D eigenvalue weighted by Gasteiger charge is 2.12. The molecule has 1 unspecified atom stereocenters. The summed E-state index contributed by atoms with van der Waals surface area (Å²) < 4.78 is 12.9. The van der Waals surface area contributed by atoms with E-state index in [1.54, 1.807) is 6.07 Å². The van der Waals surface area contributed by atoms with Gasteiger partial charge in [-0.25, -0.2) is 4.39 Å². The van der Waals surface area contributed by atoms with Gasteiger partial charge in [0.25, 0.3) is 0 Å². The Balaban J connectivity index is 2.48. The van der Waals surface area contributed by atoms with Crippen LogP contribution in [0.3, 0.4) is 0 Å². The Labute approximate surface area is 128 Å². The van der Waals surface area contributed by atoms with Gasteiger partial charge < -0.3 is 15.5 Å². The lowest BCUT2D eigenvalue weighted by Gasteiger charge is -2.26. The first kappa shape index (κ1) is 18.0. The van der Waals surface area contributed by atoms with E-state index in [-0.39, 0.29) is 11.9 Å². The maximum Gasteiger partial charge on any atom is 0.141 e. The maximum absolute atomic E-state index is 12.9. The molecular weight excluding hydrogens is 267 g/mol. The van der Waals surface area contributed by atoms with Crippen molar-refractivity contribution in [2.45, 2.75) is 26.3 Å². The van der Waals surface area contributed by atoms with Gasteiger partial charge in [-0.1, -0.05) is 13.8 Å². The molecule has 21 heavy (non-hydrogen) atoms. The van der Waals surface area contributed by atoms with Crippen molar-refractivity contribution in [1.29, 1.82) is 0 Å². The van der Waals surface area contributed by atoms with Crippen molar-refractivity contribution in [2.75, 3.05) is 40.3 Å². The number of hydrogen-bond acceptors (Lipinski definition) is 4. The first-order valence-corrected chi connectivity index (χ1v) is 7.62. The number of nitrogens with two attached hydrogens (primary N) is 1. The fourth-order valence-corrected chi connectivity index (χ4v) is 2.23. The van der Waals surface area contributed by atoms with E-state index in [2.05, 4.69) is 42.7 Å². The van der Waals surface area contributed by atoms with E-state index in [0.29, 0.717) is 5.92 Å². The monoisotopic (exact) mass is 296 g/mol. The van der Waals surface area contributed by atoms with Crippen LogP contribution in [-0.2, 0) is 0 Å². The molecule has 1 atom stereocenters. The zero-order valence-electron chi connectivity index (χ0n) is 13.7. The van der Waals surface area contributed by atoms with Crippen LogP contribution in [0, 0.1) is 11.7 Å². The molecule has 0 amide bonds. The number of pyridine rings is 1. The average molecular weight is 296 g/mol. The van der Waals surface area contributed by atoms with E-state index in [1.165, 1.54) is 12.3 Å². The van der Waals surface area contributed by atoms with Gasteiger partial charge in [0.15, 0.2) is 0 Å². The molecule has 0 aliphatic heterocycles. The predicted octanol–water partition coefficient (Wildman–Crippen LogP) is 2.13. The van der Waals surface area contributed by atoms with Crippen LogP contribution in [0.1, 0.15) is 32.0 Å². The SMILES string of the molecule is CC(C)CN(CCC(N)c1ccc(F)cn1)CCN(C)C. The highest BCUT2D eigenvalue weighted by molar-refractivity contribution is 5.09. The second kappa shape index (κ2) is 9.07. The molecule has 0 aliphatic carbocycles. The van der Waals surface area contributed by atoms with Gasteiger partial charge in [0.05, 0.1) is 11.9 Å². The molecule has 0 spiro atoms. The van der Waals surface area contributed by atoms with Crippen molar-refractivity contribution in [1.82, 2.24) is 14.8 Å². The molecule has 1 aromatic rings. The third-order valence-electron chi connectivity index (χ3n) is 3.37. The van der Waals surface area contributed by atoms with Crippen molar-refractivity contribution in [3.63, 3.8) is 0 Å². The molecule has 0 saturated heterocycles. The van der Waals surface area contributed by atoms with Crippen LogP contribution in [0.5, 0.6) is 0 Å². The lowest BCUT2D eigenvalue weighted by molar-refractivity contribution is 0.212. The van der Waals surface area contributed by atoms with Gasteiger partial charge in [0, 0.05) is 32.2 Å². The quantitative estimate of drug-likeness (QED) is 0.758. The van der Waals surface area contributed by atoms with Crippen LogP contribution in [0.2, 0.25) is 0 Å². The molecule has 0 bridgehead atoms. The molecule has 1 aromatic heterocycles. The van der Waals surface area contributed by atoms with Crippen LogP contribution in [0.4, 0.5) is 4.39 Å². The lowest BCUT2D eigenvalue weighted by atomic mass is 10.1. The molecule has 0 aliphatic rings. The van der Waals surface area contributed by atoms with Gasteiger partial charge in [-0.05, 0) is 38.6 Å². The van der Waals surface area contributed by atoms with Crippen molar-refractivity contribution in [3.8, 4) is 0 Å². The van der Waals surface area contributed by atoms with Gasteiger partial charge in [0.1, 0.15) is 5.82 Å². The van der Waals surface area contributed by atoms with Crippen LogP contribution in [-0.4, -0.2) is 55.1 Å². The molecule has 0 fully saturated rings. The predicted molar refractivity (Wildman–Crippen MR) is 85.6 cm³/mol. The van der Waals surface area contributed by atoms with Gasteiger partial charge in [-0.15, -0.1) is 0 Å². The smallest absolute Gasteiger partial charge is 0.141 e. The summed E-state index contributed by atoms with van der Waals surface area (Å²) in [5.41, 5.74) is 6.92. The molecule has 5 heteroatoms. The Morgan fingerprint density at radius 3 is 2.43 bits per heavy atom. The van der Waals surface area contributed by atoms with E-state index in [4.69, 9.17) is 5.73 Å². The van der Waals surface area contributed by atoms with Crippen molar-refractivity contribution >= 4 is 0 Å². The van der Waals surface area contributed by atoms with Gasteiger partial charge in [-0.2, -0.15) is 0 Å². The summed E-state index contributed by atoms with van der Waals surface area (Å²) in [4.78, 5) is 8.69. The zero-order chi connectivity index (χ0) is 15.8. The van der Waals surface area contributed by atoms with Gasteiger partial charge >= 0.3 is 0 Å². The third-order valence-corrected chi connectivity index (χ3v) is 3.37. The Morgan fingerprint density at radius 2 is 1.90 bits per heavy atom. The summed E-state index contributed by atoms with van der Waals surface area (Å²) in [7, 11) is 4.17. The maximum atomic E-state index is 12.9. The minimum Gasteiger partial charge on any atom is -0.323 e. The van der Waals surface area contributed by atoms with Crippen LogP contribution in [0.15, 0.2) is 18.3 Å². The summed E-state index contributed by atoms with van der Waals surface area (Å²) in [6.45, 7) is 8.53.